The number of thioether (sulfide) groups is 1. The summed E-state index contributed by atoms with van der Waals surface area (Å²) < 4.78 is 6.18. The molecule has 0 bridgehead atoms. The molecule has 2 heterocycles. The van der Waals surface area contributed by atoms with Crippen LogP contribution in [0, 0.1) is 17.8 Å². The van der Waals surface area contributed by atoms with E-state index in [1.165, 1.54) is 62.9 Å². The first-order valence-electron chi connectivity index (χ1n) is 8.94. The third-order valence-electron chi connectivity index (χ3n) is 6.28. The van der Waals surface area contributed by atoms with Crippen LogP contribution in [0.3, 0.4) is 0 Å². The fraction of sp³-hybridized carbons (Fsp3) is 1.00. The largest absolute Gasteiger partial charge is 0.374 e. The summed E-state index contributed by atoms with van der Waals surface area (Å²) in [4.78, 5) is 0. The Morgan fingerprint density at radius 3 is 2.67 bits per heavy atom. The molecule has 3 fully saturated rings. The van der Waals surface area contributed by atoms with E-state index in [0.29, 0.717) is 12.0 Å². The summed E-state index contributed by atoms with van der Waals surface area (Å²) in [6, 6.07) is 0.509. The average Bonchev–Trinajstić information content (AvgIpc) is 2.96. The van der Waals surface area contributed by atoms with Crippen molar-refractivity contribution < 1.29 is 4.74 Å². The number of hydrogen-bond acceptors (Lipinski definition) is 4. The molecule has 3 nitrogen and oxygen atoms in total. The van der Waals surface area contributed by atoms with Crippen molar-refractivity contribution >= 4 is 11.8 Å². The van der Waals surface area contributed by atoms with Crippen molar-refractivity contribution in [2.75, 3.05) is 18.1 Å². The monoisotopic (exact) mass is 312 g/mol. The van der Waals surface area contributed by atoms with Gasteiger partial charge >= 0.3 is 0 Å². The first-order valence-corrected chi connectivity index (χ1v) is 10.1. The van der Waals surface area contributed by atoms with E-state index in [1.54, 1.807) is 0 Å². The highest BCUT2D eigenvalue weighted by Crippen LogP contribution is 2.44. The molecule has 3 atom stereocenters. The Morgan fingerprint density at radius 2 is 2.05 bits per heavy atom. The molecule has 21 heavy (non-hydrogen) atoms. The molecule has 0 aromatic carbocycles. The second-order valence-corrected chi connectivity index (χ2v) is 8.57. The normalized spacial score (nSPS) is 42.3. The van der Waals surface area contributed by atoms with Crippen LogP contribution in [0.4, 0.5) is 0 Å². The highest BCUT2D eigenvalue weighted by atomic mass is 32.2. The highest BCUT2D eigenvalue weighted by Gasteiger charge is 2.44. The van der Waals surface area contributed by atoms with E-state index in [4.69, 9.17) is 10.6 Å². The predicted molar refractivity (Wildman–Crippen MR) is 90.2 cm³/mol. The average molecular weight is 313 g/mol. The molecule has 3 aliphatic rings. The Bertz CT molecular complexity index is 325. The summed E-state index contributed by atoms with van der Waals surface area (Å²) >= 11 is 2.06. The zero-order valence-electron chi connectivity index (χ0n) is 13.5. The van der Waals surface area contributed by atoms with Crippen LogP contribution in [0.2, 0.25) is 0 Å². The lowest BCUT2D eigenvalue weighted by Crippen LogP contribution is -2.52. The molecule has 3 rings (SSSR count). The van der Waals surface area contributed by atoms with Crippen LogP contribution in [-0.2, 0) is 4.74 Å². The maximum absolute atomic E-state index is 6.18. The van der Waals surface area contributed by atoms with Crippen molar-refractivity contribution in [3.63, 3.8) is 0 Å². The second kappa shape index (κ2) is 7.20. The first kappa shape index (κ1) is 16.1. The van der Waals surface area contributed by atoms with Gasteiger partial charge in [0.15, 0.2) is 0 Å². The van der Waals surface area contributed by atoms with Gasteiger partial charge in [-0.2, -0.15) is 11.8 Å². The van der Waals surface area contributed by atoms with Gasteiger partial charge in [0.2, 0.25) is 0 Å². The van der Waals surface area contributed by atoms with Crippen LogP contribution in [0.5, 0.6) is 0 Å². The molecule has 3 N–H and O–H groups in total. The fourth-order valence-electron chi connectivity index (χ4n) is 4.85. The number of hydrazine groups is 1. The Morgan fingerprint density at radius 1 is 1.24 bits per heavy atom. The number of ether oxygens (including phenoxy) is 1. The first-order chi connectivity index (χ1) is 10.3. The molecule has 0 aromatic rings. The van der Waals surface area contributed by atoms with E-state index in [2.05, 4.69) is 24.1 Å². The van der Waals surface area contributed by atoms with Crippen molar-refractivity contribution in [2.24, 2.45) is 23.6 Å². The molecule has 122 valence electrons. The van der Waals surface area contributed by atoms with Crippen LogP contribution >= 0.6 is 11.8 Å². The van der Waals surface area contributed by atoms with Crippen LogP contribution in [0.15, 0.2) is 0 Å². The van der Waals surface area contributed by atoms with E-state index >= 15 is 0 Å². The van der Waals surface area contributed by atoms with E-state index in [-0.39, 0.29) is 5.60 Å². The standard InChI is InChI=1S/C17H32N2OS/c1-2-13-3-5-14(6-4-13)16(19-18)15-7-9-20-17(11-15)8-10-21-12-17/h13-16,19H,2-12,18H2,1H3. The Hall–Kier alpha value is 0.230. The SMILES string of the molecule is CCC1CCC(C(NN)C2CCOC3(CCSC3)C2)CC1. The molecule has 0 amide bonds. The Labute approximate surface area is 134 Å². The van der Waals surface area contributed by atoms with E-state index in [9.17, 15) is 0 Å². The van der Waals surface area contributed by atoms with E-state index < -0.39 is 0 Å². The van der Waals surface area contributed by atoms with Crippen LogP contribution in [0.25, 0.3) is 0 Å². The van der Waals surface area contributed by atoms with Crippen molar-refractivity contribution in [1.29, 1.82) is 0 Å². The molecular weight excluding hydrogens is 280 g/mol. The van der Waals surface area contributed by atoms with Gasteiger partial charge in [0.05, 0.1) is 5.60 Å². The van der Waals surface area contributed by atoms with Gasteiger partial charge in [-0.3, -0.25) is 11.3 Å². The van der Waals surface area contributed by atoms with Crippen LogP contribution in [-0.4, -0.2) is 29.8 Å². The number of hydrogen-bond donors (Lipinski definition) is 2. The zero-order valence-corrected chi connectivity index (χ0v) is 14.3. The fourth-order valence-corrected chi connectivity index (χ4v) is 6.23. The summed E-state index contributed by atoms with van der Waals surface area (Å²) in [5.41, 5.74) is 3.40. The van der Waals surface area contributed by atoms with Crippen molar-refractivity contribution in [2.45, 2.75) is 69.9 Å². The van der Waals surface area contributed by atoms with Gasteiger partial charge in [-0.15, -0.1) is 0 Å². The topological polar surface area (TPSA) is 47.3 Å². The van der Waals surface area contributed by atoms with Gasteiger partial charge in [0, 0.05) is 18.4 Å². The van der Waals surface area contributed by atoms with Gasteiger partial charge in [-0.05, 0) is 55.6 Å². The minimum Gasteiger partial charge on any atom is -0.374 e. The molecule has 2 saturated heterocycles. The van der Waals surface area contributed by atoms with E-state index in [0.717, 1.165) is 18.4 Å². The van der Waals surface area contributed by atoms with Gasteiger partial charge in [0.1, 0.15) is 0 Å². The van der Waals surface area contributed by atoms with Crippen molar-refractivity contribution in [3.8, 4) is 0 Å². The van der Waals surface area contributed by atoms with E-state index in [1.807, 2.05) is 0 Å². The summed E-state index contributed by atoms with van der Waals surface area (Å²) in [6.45, 7) is 3.28. The minimum atomic E-state index is 0.184. The molecule has 4 heteroatoms. The lowest BCUT2D eigenvalue weighted by molar-refractivity contribution is -0.0896. The second-order valence-electron chi connectivity index (χ2n) is 7.47. The molecule has 3 unspecified atom stereocenters. The maximum atomic E-state index is 6.18. The zero-order chi connectivity index (χ0) is 14.7. The highest BCUT2D eigenvalue weighted by molar-refractivity contribution is 7.99. The quantitative estimate of drug-likeness (QED) is 0.617. The molecular formula is C17H32N2OS. The summed E-state index contributed by atoms with van der Waals surface area (Å²) in [5, 5.41) is 0. The summed E-state index contributed by atoms with van der Waals surface area (Å²) in [6.07, 6.45) is 10.6. The Kier molecular flexibility index (Phi) is 5.52. The van der Waals surface area contributed by atoms with Gasteiger partial charge in [0.25, 0.3) is 0 Å². The summed E-state index contributed by atoms with van der Waals surface area (Å²) in [7, 11) is 0. The van der Waals surface area contributed by atoms with Gasteiger partial charge in [-0.1, -0.05) is 26.2 Å². The van der Waals surface area contributed by atoms with Crippen LogP contribution < -0.4 is 11.3 Å². The molecule has 1 aliphatic carbocycles. The number of nitrogens with two attached hydrogens (primary N) is 1. The third kappa shape index (κ3) is 3.60. The minimum absolute atomic E-state index is 0.184. The molecule has 0 aromatic heterocycles. The van der Waals surface area contributed by atoms with Gasteiger partial charge in [-0.25, -0.2) is 0 Å². The molecule has 2 aliphatic heterocycles. The summed E-state index contributed by atoms with van der Waals surface area (Å²) in [5.74, 6) is 10.9. The van der Waals surface area contributed by atoms with Crippen molar-refractivity contribution in [1.82, 2.24) is 5.43 Å². The van der Waals surface area contributed by atoms with Crippen LogP contribution in [0.1, 0.15) is 58.3 Å². The maximum Gasteiger partial charge on any atom is 0.0783 e. The molecule has 0 radical (unpaired) electrons. The van der Waals surface area contributed by atoms with Gasteiger partial charge < -0.3 is 4.74 Å². The lowest BCUT2D eigenvalue weighted by Gasteiger charge is -2.44. The Balaban J connectivity index is 1.60. The predicted octanol–water partition coefficient (Wildman–Crippen LogP) is 3.34. The lowest BCUT2D eigenvalue weighted by atomic mass is 9.71. The molecule has 1 saturated carbocycles. The number of rotatable bonds is 4. The number of nitrogens with one attached hydrogen (secondary N) is 1. The molecule has 1 spiro atoms. The third-order valence-corrected chi connectivity index (χ3v) is 7.50. The van der Waals surface area contributed by atoms with Crippen molar-refractivity contribution in [3.05, 3.63) is 0 Å². The smallest absolute Gasteiger partial charge is 0.0783 e.